The Morgan fingerprint density at radius 3 is 2.56 bits per heavy atom. The molecule has 39 heavy (non-hydrogen) atoms. The number of carbonyl (C=O) groups excluding carboxylic acids is 1. The lowest BCUT2D eigenvalue weighted by Crippen LogP contribution is -2.22. The summed E-state index contributed by atoms with van der Waals surface area (Å²) in [5.74, 6) is 1.70. The number of hydrogen-bond donors (Lipinski definition) is 1. The van der Waals surface area contributed by atoms with Crippen molar-refractivity contribution in [3.8, 4) is 34.8 Å². The number of allylic oxidation sites excluding steroid dienone is 1. The zero-order valence-electron chi connectivity index (χ0n) is 22.7. The van der Waals surface area contributed by atoms with Crippen LogP contribution in [0.5, 0.6) is 28.7 Å². The fourth-order valence-corrected chi connectivity index (χ4v) is 4.26. The van der Waals surface area contributed by atoms with Gasteiger partial charge in [-0.05, 0) is 60.7 Å². The molecule has 3 aromatic rings. The van der Waals surface area contributed by atoms with Gasteiger partial charge < -0.3 is 29.4 Å². The fourth-order valence-electron chi connectivity index (χ4n) is 4.26. The minimum absolute atomic E-state index is 0.0177. The fraction of sp³-hybridized carbons (Fsp3) is 0.290. The molecule has 1 aliphatic rings. The number of rotatable bonds is 9. The summed E-state index contributed by atoms with van der Waals surface area (Å²) in [4.78, 5) is 12.5. The number of carbonyl (C=O) groups is 1. The van der Waals surface area contributed by atoms with Gasteiger partial charge in [-0.3, -0.25) is 0 Å². The Kier molecular flexibility index (Phi) is 8.30. The van der Waals surface area contributed by atoms with Crippen molar-refractivity contribution in [2.75, 3.05) is 20.3 Å². The number of nitrogens with zero attached hydrogens (tertiary/aromatic N) is 1. The van der Waals surface area contributed by atoms with Gasteiger partial charge >= 0.3 is 5.97 Å². The van der Waals surface area contributed by atoms with Gasteiger partial charge in [-0.15, -0.1) is 0 Å². The van der Waals surface area contributed by atoms with Crippen LogP contribution in [0.2, 0.25) is 0 Å². The van der Waals surface area contributed by atoms with E-state index in [0.717, 1.165) is 16.7 Å². The topological polar surface area (TPSA) is 113 Å². The average molecular weight is 529 g/mol. The molecule has 0 fully saturated rings. The van der Waals surface area contributed by atoms with Gasteiger partial charge in [0.15, 0.2) is 18.1 Å². The van der Waals surface area contributed by atoms with Crippen LogP contribution in [0.25, 0.3) is 0 Å². The van der Waals surface area contributed by atoms with E-state index in [4.69, 9.17) is 29.4 Å². The van der Waals surface area contributed by atoms with E-state index in [1.807, 2.05) is 50.2 Å². The van der Waals surface area contributed by atoms with Gasteiger partial charge in [0, 0.05) is 11.6 Å². The monoisotopic (exact) mass is 528 g/mol. The van der Waals surface area contributed by atoms with Crippen molar-refractivity contribution >= 4 is 5.97 Å². The van der Waals surface area contributed by atoms with Crippen LogP contribution in [0.15, 0.2) is 66.1 Å². The van der Waals surface area contributed by atoms with Crippen LogP contribution in [0.1, 0.15) is 42.0 Å². The Labute approximate surface area is 228 Å². The molecule has 0 aliphatic carbocycles. The van der Waals surface area contributed by atoms with Crippen LogP contribution in [0, 0.1) is 31.1 Å². The van der Waals surface area contributed by atoms with E-state index < -0.39 is 11.9 Å². The summed E-state index contributed by atoms with van der Waals surface area (Å²) in [5, 5.41) is 9.90. The third-order valence-corrected chi connectivity index (χ3v) is 6.42. The molecule has 0 saturated heterocycles. The number of esters is 1. The predicted molar refractivity (Wildman–Crippen MR) is 146 cm³/mol. The van der Waals surface area contributed by atoms with E-state index in [1.54, 1.807) is 25.3 Å². The smallest absolute Gasteiger partial charge is 0.349 e. The molecule has 202 valence electrons. The van der Waals surface area contributed by atoms with E-state index in [9.17, 15) is 10.1 Å². The molecule has 0 amide bonds. The van der Waals surface area contributed by atoms with Crippen molar-refractivity contribution in [3.63, 3.8) is 0 Å². The minimum atomic E-state index is -0.564. The SMILES string of the molecule is COc1cc(C2C(C#N)=C(N)Oc3cc(OC(=O)COc4cccc(C)c4C)ccc32)ccc1OCC(C)C. The van der Waals surface area contributed by atoms with E-state index in [2.05, 4.69) is 19.9 Å². The molecule has 1 heterocycles. The predicted octanol–water partition coefficient (Wildman–Crippen LogP) is 5.55. The van der Waals surface area contributed by atoms with Crippen molar-refractivity contribution in [3.05, 3.63) is 88.3 Å². The van der Waals surface area contributed by atoms with Crippen molar-refractivity contribution in [2.45, 2.75) is 33.6 Å². The Balaban J connectivity index is 1.57. The third-order valence-electron chi connectivity index (χ3n) is 6.42. The van der Waals surface area contributed by atoms with Crippen molar-refractivity contribution in [1.29, 1.82) is 5.26 Å². The lowest BCUT2D eigenvalue weighted by atomic mass is 9.83. The number of fused-ring (bicyclic) bond motifs is 1. The zero-order chi connectivity index (χ0) is 28.1. The van der Waals surface area contributed by atoms with E-state index in [1.165, 1.54) is 0 Å². The molecule has 3 aromatic carbocycles. The lowest BCUT2D eigenvalue weighted by Gasteiger charge is -2.27. The molecular weight excluding hydrogens is 496 g/mol. The standard InChI is InChI=1S/C31H32N2O6/c1-18(2)16-36-26-12-9-21(13-28(26)35-5)30-23-11-10-22(14-27(23)39-31(33)24(30)15-32)38-29(34)17-37-25-8-6-7-19(3)20(25)4/h6-14,18,30H,16-17,33H2,1-5H3. The molecule has 2 N–H and O–H groups in total. The summed E-state index contributed by atoms with van der Waals surface area (Å²) >= 11 is 0. The molecule has 4 rings (SSSR count). The number of hydrogen-bond acceptors (Lipinski definition) is 8. The summed E-state index contributed by atoms with van der Waals surface area (Å²) < 4.78 is 28.4. The first-order chi connectivity index (χ1) is 18.7. The van der Waals surface area contributed by atoms with Gasteiger partial charge in [0.05, 0.1) is 19.6 Å². The van der Waals surface area contributed by atoms with Crippen molar-refractivity contribution < 1.29 is 28.5 Å². The second-order valence-corrected chi connectivity index (χ2v) is 9.70. The number of aryl methyl sites for hydroxylation is 1. The number of nitriles is 1. The van der Waals surface area contributed by atoms with E-state index in [-0.39, 0.29) is 23.8 Å². The highest BCUT2D eigenvalue weighted by molar-refractivity contribution is 5.74. The van der Waals surface area contributed by atoms with Crippen LogP contribution in [-0.2, 0) is 4.79 Å². The van der Waals surface area contributed by atoms with Crippen LogP contribution in [0.3, 0.4) is 0 Å². The summed E-state index contributed by atoms with van der Waals surface area (Å²) in [6.07, 6.45) is 0. The summed E-state index contributed by atoms with van der Waals surface area (Å²) in [6.45, 7) is 8.33. The maximum atomic E-state index is 12.5. The van der Waals surface area contributed by atoms with Crippen LogP contribution in [-0.4, -0.2) is 26.3 Å². The molecule has 1 atom stereocenters. The molecule has 0 spiro atoms. The molecular formula is C31H32N2O6. The molecule has 0 bridgehead atoms. The quantitative estimate of drug-likeness (QED) is 0.284. The Morgan fingerprint density at radius 1 is 1.05 bits per heavy atom. The minimum Gasteiger partial charge on any atom is -0.493 e. The molecule has 1 aliphatic heterocycles. The number of nitrogens with two attached hydrogens (primary N) is 1. The molecule has 0 saturated carbocycles. The van der Waals surface area contributed by atoms with Gasteiger partial charge in [-0.25, -0.2) is 4.79 Å². The first kappa shape index (κ1) is 27.4. The van der Waals surface area contributed by atoms with Crippen LogP contribution >= 0.6 is 0 Å². The first-order valence-corrected chi connectivity index (χ1v) is 12.6. The van der Waals surface area contributed by atoms with Crippen molar-refractivity contribution in [1.82, 2.24) is 0 Å². The number of ether oxygens (including phenoxy) is 5. The maximum absolute atomic E-state index is 12.5. The van der Waals surface area contributed by atoms with Crippen molar-refractivity contribution in [2.24, 2.45) is 11.7 Å². The molecule has 1 unspecified atom stereocenters. The molecule has 0 aromatic heterocycles. The lowest BCUT2D eigenvalue weighted by molar-refractivity contribution is -0.136. The second kappa shape index (κ2) is 11.8. The largest absolute Gasteiger partial charge is 0.493 e. The number of methoxy groups -OCH3 is 1. The van der Waals surface area contributed by atoms with Gasteiger partial charge in [-0.2, -0.15) is 5.26 Å². The van der Waals surface area contributed by atoms with Crippen LogP contribution in [0.4, 0.5) is 0 Å². The second-order valence-electron chi connectivity index (χ2n) is 9.70. The highest BCUT2D eigenvalue weighted by Crippen LogP contribution is 2.45. The molecule has 0 radical (unpaired) electrons. The zero-order valence-corrected chi connectivity index (χ0v) is 22.7. The highest BCUT2D eigenvalue weighted by Gasteiger charge is 2.32. The third kappa shape index (κ3) is 6.10. The highest BCUT2D eigenvalue weighted by atomic mass is 16.6. The number of benzene rings is 3. The van der Waals surface area contributed by atoms with Gasteiger partial charge in [0.2, 0.25) is 5.88 Å². The Bertz CT molecular complexity index is 1450. The van der Waals surface area contributed by atoms with E-state index in [0.29, 0.717) is 41.1 Å². The Morgan fingerprint density at radius 2 is 1.85 bits per heavy atom. The van der Waals surface area contributed by atoms with Gasteiger partial charge in [0.25, 0.3) is 0 Å². The summed E-state index contributed by atoms with van der Waals surface area (Å²) in [6, 6.07) is 18.4. The summed E-state index contributed by atoms with van der Waals surface area (Å²) in [5.41, 5.74) is 9.93. The first-order valence-electron chi connectivity index (χ1n) is 12.6. The molecule has 8 nitrogen and oxygen atoms in total. The summed E-state index contributed by atoms with van der Waals surface area (Å²) in [7, 11) is 1.57. The molecule has 8 heteroatoms. The van der Waals surface area contributed by atoms with Gasteiger partial charge in [-0.1, -0.05) is 38.1 Å². The van der Waals surface area contributed by atoms with Crippen LogP contribution < -0.4 is 29.4 Å². The normalized spacial score (nSPS) is 14.2. The Hall–Kier alpha value is -4.64. The average Bonchev–Trinajstić information content (AvgIpc) is 2.91. The maximum Gasteiger partial charge on any atom is 0.349 e. The van der Waals surface area contributed by atoms with E-state index >= 15 is 0 Å². The van der Waals surface area contributed by atoms with Gasteiger partial charge in [0.1, 0.15) is 28.9 Å².